The first kappa shape index (κ1) is 17.8. The highest BCUT2D eigenvalue weighted by Gasteiger charge is 2.25. The maximum Gasteiger partial charge on any atom is 0.255 e. The summed E-state index contributed by atoms with van der Waals surface area (Å²) >= 11 is 0. The summed E-state index contributed by atoms with van der Waals surface area (Å²) in [6.07, 6.45) is 2.05. The number of amides is 1. The van der Waals surface area contributed by atoms with E-state index in [-0.39, 0.29) is 5.91 Å². The second kappa shape index (κ2) is 8.31. The number of likely N-dealkylation sites (N-methyl/N-ethyl adjacent to an activating group) is 2. The predicted molar refractivity (Wildman–Crippen MR) is 92.0 cm³/mol. The zero-order valence-electron chi connectivity index (χ0n) is 14.6. The van der Waals surface area contributed by atoms with E-state index in [1.54, 1.807) is 11.9 Å². The van der Waals surface area contributed by atoms with E-state index in [0.717, 1.165) is 18.0 Å². The number of benzene rings is 1. The minimum atomic E-state index is -0.406. The van der Waals surface area contributed by atoms with E-state index in [1.165, 1.54) is 12.8 Å². The highest BCUT2D eigenvalue weighted by Crippen LogP contribution is 2.29. The first-order chi connectivity index (χ1) is 11.0. The van der Waals surface area contributed by atoms with Crippen LogP contribution in [0.5, 0.6) is 5.75 Å². The Kier molecular flexibility index (Phi) is 6.42. The molecule has 1 aliphatic rings. The zero-order chi connectivity index (χ0) is 16.8. The Labute approximate surface area is 139 Å². The summed E-state index contributed by atoms with van der Waals surface area (Å²) in [6.45, 7) is 4.03. The maximum absolute atomic E-state index is 12.4. The lowest BCUT2D eigenvalue weighted by molar-refractivity contribution is -0.128. The van der Waals surface area contributed by atoms with Gasteiger partial charge < -0.3 is 19.3 Å². The van der Waals surface area contributed by atoms with Gasteiger partial charge in [-0.2, -0.15) is 0 Å². The summed E-state index contributed by atoms with van der Waals surface area (Å²) in [5, 5.41) is 0. The number of carbonyl (C=O) groups excluding carboxylic acids is 1. The minimum absolute atomic E-state index is 0.0214. The molecule has 1 fully saturated rings. The fraction of sp³-hybridized carbons (Fsp3) is 0.611. The van der Waals surface area contributed by atoms with Gasteiger partial charge >= 0.3 is 0 Å². The second-order valence-corrected chi connectivity index (χ2v) is 6.46. The zero-order valence-corrected chi connectivity index (χ0v) is 14.6. The van der Waals surface area contributed by atoms with E-state index in [2.05, 4.69) is 4.90 Å². The van der Waals surface area contributed by atoms with Gasteiger partial charge in [0.05, 0.1) is 6.61 Å². The Morgan fingerprint density at radius 1 is 1.22 bits per heavy atom. The topological polar surface area (TPSA) is 42.0 Å². The summed E-state index contributed by atoms with van der Waals surface area (Å²) in [5.41, 5.74) is 0.844. The number of carbonyl (C=O) groups is 1. The Morgan fingerprint density at radius 3 is 2.43 bits per heavy atom. The lowest BCUT2D eigenvalue weighted by Gasteiger charge is -2.22. The number of hydrogen-bond acceptors (Lipinski definition) is 4. The van der Waals surface area contributed by atoms with Crippen LogP contribution in [0.1, 0.15) is 19.8 Å². The molecule has 2 rings (SSSR count). The lowest BCUT2D eigenvalue weighted by Crippen LogP contribution is -2.36. The van der Waals surface area contributed by atoms with Gasteiger partial charge in [0.25, 0.3) is 5.91 Å². The predicted octanol–water partition coefficient (Wildman–Crippen LogP) is 2.40. The molecule has 0 radical (unpaired) electrons. The van der Waals surface area contributed by atoms with E-state index >= 15 is 0 Å². The number of anilines is 1. The molecular formula is C18H28N2O3. The summed E-state index contributed by atoms with van der Waals surface area (Å²) in [6, 6.07) is 7.59. The standard InChI is InChI=1S/C18H28N2O3/c1-14(23-13-15-5-6-15)18(21)20(4)16-7-9-17(10-8-16)22-12-11-19(2)3/h7-10,14-15H,5-6,11-13H2,1-4H3/t14-/m0/s1. The van der Waals surface area contributed by atoms with Crippen molar-refractivity contribution in [1.82, 2.24) is 4.90 Å². The van der Waals surface area contributed by atoms with E-state index < -0.39 is 6.10 Å². The van der Waals surface area contributed by atoms with Crippen LogP contribution in [0.4, 0.5) is 5.69 Å². The van der Waals surface area contributed by atoms with Crippen LogP contribution in [0.15, 0.2) is 24.3 Å². The van der Waals surface area contributed by atoms with Crippen LogP contribution in [0.3, 0.4) is 0 Å². The number of ether oxygens (including phenoxy) is 2. The minimum Gasteiger partial charge on any atom is -0.492 e. The normalized spacial score (nSPS) is 15.5. The van der Waals surface area contributed by atoms with E-state index in [4.69, 9.17) is 9.47 Å². The van der Waals surface area contributed by atoms with Crippen LogP contribution in [0.25, 0.3) is 0 Å². The van der Waals surface area contributed by atoms with Crippen molar-refractivity contribution in [3.05, 3.63) is 24.3 Å². The Bertz CT molecular complexity index is 497. The molecule has 128 valence electrons. The van der Waals surface area contributed by atoms with Gasteiger partial charge in [-0.25, -0.2) is 0 Å². The van der Waals surface area contributed by atoms with Gasteiger partial charge in [0.1, 0.15) is 18.5 Å². The summed E-state index contributed by atoms with van der Waals surface area (Å²) in [7, 11) is 5.81. The molecule has 0 aliphatic heterocycles. The molecule has 0 spiro atoms. The molecule has 1 saturated carbocycles. The van der Waals surface area contributed by atoms with Crippen LogP contribution in [-0.2, 0) is 9.53 Å². The fourth-order valence-corrected chi connectivity index (χ4v) is 2.15. The Hall–Kier alpha value is -1.59. The second-order valence-electron chi connectivity index (χ2n) is 6.46. The Balaban J connectivity index is 1.82. The van der Waals surface area contributed by atoms with Crippen molar-refractivity contribution in [3.8, 4) is 5.75 Å². The molecule has 1 amide bonds. The molecule has 0 bridgehead atoms. The van der Waals surface area contributed by atoms with E-state index in [0.29, 0.717) is 19.1 Å². The van der Waals surface area contributed by atoms with Crippen molar-refractivity contribution in [1.29, 1.82) is 0 Å². The van der Waals surface area contributed by atoms with Gasteiger partial charge in [0, 0.05) is 19.3 Å². The van der Waals surface area contributed by atoms with Crippen molar-refractivity contribution in [2.24, 2.45) is 5.92 Å². The average Bonchev–Trinajstić information content (AvgIpc) is 3.36. The fourth-order valence-electron chi connectivity index (χ4n) is 2.15. The number of hydrogen-bond donors (Lipinski definition) is 0. The first-order valence-electron chi connectivity index (χ1n) is 8.24. The van der Waals surface area contributed by atoms with Crippen molar-refractivity contribution < 1.29 is 14.3 Å². The van der Waals surface area contributed by atoms with Crippen LogP contribution < -0.4 is 9.64 Å². The van der Waals surface area contributed by atoms with Gasteiger partial charge in [0.15, 0.2) is 0 Å². The van der Waals surface area contributed by atoms with Gasteiger partial charge in [-0.1, -0.05) is 0 Å². The average molecular weight is 320 g/mol. The van der Waals surface area contributed by atoms with Crippen molar-refractivity contribution in [3.63, 3.8) is 0 Å². The first-order valence-corrected chi connectivity index (χ1v) is 8.24. The molecule has 0 aromatic heterocycles. The monoisotopic (exact) mass is 320 g/mol. The lowest BCUT2D eigenvalue weighted by atomic mass is 10.2. The van der Waals surface area contributed by atoms with Gasteiger partial charge in [0.2, 0.25) is 0 Å². The maximum atomic E-state index is 12.4. The molecule has 0 heterocycles. The molecule has 1 atom stereocenters. The third-order valence-corrected chi connectivity index (χ3v) is 3.99. The number of nitrogens with zero attached hydrogens (tertiary/aromatic N) is 2. The van der Waals surface area contributed by atoms with Crippen LogP contribution in [-0.4, -0.2) is 57.8 Å². The van der Waals surface area contributed by atoms with Crippen LogP contribution in [0.2, 0.25) is 0 Å². The van der Waals surface area contributed by atoms with Crippen molar-refractivity contribution in [2.45, 2.75) is 25.9 Å². The Morgan fingerprint density at radius 2 is 1.87 bits per heavy atom. The third kappa shape index (κ3) is 5.84. The van der Waals surface area contributed by atoms with E-state index in [1.807, 2.05) is 45.3 Å². The highest BCUT2D eigenvalue weighted by atomic mass is 16.5. The summed E-state index contributed by atoms with van der Waals surface area (Å²) in [4.78, 5) is 16.1. The molecule has 1 aromatic carbocycles. The van der Waals surface area contributed by atoms with E-state index in [9.17, 15) is 4.79 Å². The van der Waals surface area contributed by atoms with Crippen molar-refractivity contribution >= 4 is 11.6 Å². The molecule has 23 heavy (non-hydrogen) atoms. The molecule has 1 aliphatic carbocycles. The largest absolute Gasteiger partial charge is 0.492 e. The SMILES string of the molecule is C[C@H](OCC1CC1)C(=O)N(C)c1ccc(OCCN(C)C)cc1. The molecule has 0 N–H and O–H groups in total. The number of rotatable bonds is 9. The smallest absolute Gasteiger partial charge is 0.255 e. The van der Waals surface area contributed by atoms with Crippen LogP contribution >= 0.6 is 0 Å². The van der Waals surface area contributed by atoms with Crippen molar-refractivity contribution in [2.75, 3.05) is 45.8 Å². The third-order valence-electron chi connectivity index (χ3n) is 3.99. The molecule has 5 nitrogen and oxygen atoms in total. The molecular weight excluding hydrogens is 292 g/mol. The molecule has 1 aromatic rings. The van der Waals surface area contributed by atoms with Gasteiger partial charge in [-0.15, -0.1) is 0 Å². The molecule has 0 saturated heterocycles. The van der Waals surface area contributed by atoms with Crippen LogP contribution in [0, 0.1) is 5.92 Å². The van der Waals surface area contributed by atoms with Gasteiger partial charge in [-0.05, 0) is 64.0 Å². The summed E-state index contributed by atoms with van der Waals surface area (Å²) in [5.74, 6) is 1.45. The quantitative estimate of drug-likeness (QED) is 0.701. The highest BCUT2D eigenvalue weighted by molar-refractivity contribution is 5.95. The molecule has 5 heteroatoms. The summed E-state index contributed by atoms with van der Waals surface area (Å²) < 4.78 is 11.3. The van der Waals surface area contributed by atoms with Gasteiger partial charge in [-0.3, -0.25) is 4.79 Å². The molecule has 0 unspecified atom stereocenters.